The Labute approximate surface area is 125 Å². The first-order valence-electron chi connectivity index (χ1n) is 6.78. The number of nitrogens with zero attached hydrogens (tertiary/aromatic N) is 1. The van der Waals surface area contributed by atoms with Crippen LogP contribution in [0.25, 0.3) is 10.2 Å². The summed E-state index contributed by atoms with van der Waals surface area (Å²) in [6, 6.07) is 1.30. The number of hydrogen-bond acceptors (Lipinski definition) is 5. The fourth-order valence-corrected chi connectivity index (χ4v) is 3.50. The van der Waals surface area contributed by atoms with Gasteiger partial charge in [0.15, 0.2) is 0 Å². The average Bonchev–Trinajstić information content (AvgIpc) is 3.01. The van der Waals surface area contributed by atoms with Crippen molar-refractivity contribution in [3.63, 3.8) is 0 Å². The van der Waals surface area contributed by atoms with Crippen LogP contribution in [0.5, 0.6) is 0 Å². The van der Waals surface area contributed by atoms with E-state index in [4.69, 9.17) is 11.5 Å². The second-order valence-electron chi connectivity index (χ2n) is 5.24. The number of hydrogen-bond donors (Lipinski definition) is 3. The quantitative estimate of drug-likeness (QED) is 0.784. The van der Waals surface area contributed by atoms with Crippen molar-refractivity contribution in [2.75, 3.05) is 5.73 Å². The van der Waals surface area contributed by atoms with Crippen LogP contribution in [0.15, 0.2) is 6.07 Å². The Morgan fingerprint density at radius 2 is 2.19 bits per heavy atom. The minimum atomic E-state index is -0.736. The van der Waals surface area contributed by atoms with Gasteiger partial charge in [-0.2, -0.15) is 0 Å². The summed E-state index contributed by atoms with van der Waals surface area (Å²) < 4.78 is 0. The zero-order valence-corrected chi connectivity index (χ0v) is 12.4. The molecule has 0 aromatic carbocycles. The van der Waals surface area contributed by atoms with Crippen LogP contribution in [0.2, 0.25) is 0 Å². The molecule has 0 radical (unpaired) electrons. The Morgan fingerprint density at radius 3 is 2.90 bits per heavy atom. The summed E-state index contributed by atoms with van der Waals surface area (Å²) in [6.07, 6.45) is 3.10. The lowest BCUT2D eigenvalue weighted by atomic mass is 10.1. The van der Waals surface area contributed by atoms with E-state index >= 15 is 0 Å². The van der Waals surface area contributed by atoms with Crippen LogP contribution in [0.3, 0.4) is 0 Å². The number of amides is 2. The monoisotopic (exact) mass is 304 g/mol. The van der Waals surface area contributed by atoms with Crippen molar-refractivity contribution in [3.8, 4) is 0 Å². The molecule has 0 fully saturated rings. The van der Waals surface area contributed by atoms with E-state index in [2.05, 4.69) is 10.3 Å². The molecule has 1 atom stereocenters. The molecule has 0 aliphatic heterocycles. The van der Waals surface area contributed by atoms with Crippen molar-refractivity contribution in [3.05, 3.63) is 22.2 Å². The van der Waals surface area contributed by atoms with E-state index in [-0.39, 0.29) is 5.91 Å². The van der Waals surface area contributed by atoms with E-state index in [0.717, 1.165) is 35.2 Å². The Morgan fingerprint density at radius 1 is 1.43 bits per heavy atom. The number of nitrogens with one attached hydrogen (secondary N) is 1. The number of primary amides is 1. The van der Waals surface area contributed by atoms with E-state index in [1.54, 1.807) is 0 Å². The number of fused-ring (bicyclic) bond motifs is 2. The van der Waals surface area contributed by atoms with Crippen LogP contribution >= 0.6 is 11.3 Å². The molecule has 1 aliphatic carbocycles. The molecule has 2 aromatic heterocycles. The van der Waals surface area contributed by atoms with Crippen molar-refractivity contribution in [2.45, 2.75) is 32.2 Å². The predicted molar refractivity (Wildman–Crippen MR) is 82.2 cm³/mol. The summed E-state index contributed by atoms with van der Waals surface area (Å²) in [6.45, 7) is 1.54. The van der Waals surface area contributed by atoms with Gasteiger partial charge in [0.1, 0.15) is 15.7 Å². The highest BCUT2D eigenvalue weighted by atomic mass is 32.1. The van der Waals surface area contributed by atoms with E-state index in [1.807, 2.05) is 6.07 Å². The molecule has 0 bridgehead atoms. The summed E-state index contributed by atoms with van der Waals surface area (Å²) in [5.41, 5.74) is 14.0. The Kier molecular flexibility index (Phi) is 3.29. The lowest BCUT2D eigenvalue weighted by Gasteiger charge is -2.09. The molecule has 2 aromatic rings. The van der Waals surface area contributed by atoms with E-state index in [1.165, 1.54) is 23.8 Å². The molecule has 5 N–H and O–H groups in total. The van der Waals surface area contributed by atoms with Gasteiger partial charge in [-0.1, -0.05) is 0 Å². The number of anilines is 1. The number of pyridine rings is 1. The number of nitrogens with two attached hydrogens (primary N) is 2. The smallest absolute Gasteiger partial charge is 0.264 e. The zero-order valence-electron chi connectivity index (χ0n) is 11.6. The minimum absolute atomic E-state index is 0.384. The number of nitrogen functional groups attached to an aromatic ring is 1. The second kappa shape index (κ2) is 5.00. The number of carbonyl (C=O) groups is 2. The number of carbonyl (C=O) groups excluding carboxylic acids is 2. The molecule has 1 unspecified atom stereocenters. The molecule has 3 rings (SSSR count). The SMILES string of the molecule is CC(NC(=O)c1sc2nc3c(cc2c1N)CCC3)C(N)=O. The molecule has 0 saturated heterocycles. The Hall–Kier alpha value is -2.15. The van der Waals surface area contributed by atoms with Gasteiger partial charge in [0.05, 0.1) is 5.69 Å². The third-order valence-electron chi connectivity index (χ3n) is 3.73. The predicted octanol–water partition coefficient (Wildman–Crippen LogP) is 0.971. The van der Waals surface area contributed by atoms with Crippen molar-refractivity contribution >= 4 is 39.1 Å². The lowest BCUT2D eigenvalue weighted by Crippen LogP contribution is -2.42. The van der Waals surface area contributed by atoms with Crippen molar-refractivity contribution in [1.82, 2.24) is 10.3 Å². The number of aryl methyl sites for hydroxylation is 2. The fourth-order valence-electron chi connectivity index (χ4n) is 2.50. The van der Waals surface area contributed by atoms with Crippen molar-refractivity contribution in [1.29, 1.82) is 0 Å². The molecule has 7 heteroatoms. The van der Waals surface area contributed by atoms with E-state index in [0.29, 0.717) is 10.6 Å². The van der Waals surface area contributed by atoms with Gasteiger partial charge in [0.2, 0.25) is 5.91 Å². The van der Waals surface area contributed by atoms with Gasteiger partial charge in [-0.05, 0) is 37.8 Å². The molecule has 6 nitrogen and oxygen atoms in total. The highest BCUT2D eigenvalue weighted by molar-refractivity contribution is 7.21. The van der Waals surface area contributed by atoms with Gasteiger partial charge >= 0.3 is 0 Å². The average molecular weight is 304 g/mol. The molecule has 110 valence electrons. The number of aromatic nitrogens is 1. The topological polar surface area (TPSA) is 111 Å². The maximum absolute atomic E-state index is 12.2. The molecular formula is C14H16N4O2S. The molecule has 0 spiro atoms. The van der Waals surface area contributed by atoms with Gasteiger partial charge in [0.25, 0.3) is 5.91 Å². The van der Waals surface area contributed by atoms with Gasteiger partial charge in [-0.15, -0.1) is 11.3 Å². The van der Waals surface area contributed by atoms with Gasteiger partial charge in [0, 0.05) is 11.1 Å². The largest absolute Gasteiger partial charge is 0.397 e. The summed E-state index contributed by atoms with van der Waals surface area (Å²) >= 11 is 1.25. The maximum Gasteiger partial charge on any atom is 0.264 e. The fraction of sp³-hybridized carbons (Fsp3) is 0.357. The van der Waals surface area contributed by atoms with Crippen LogP contribution in [-0.4, -0.2) is 22.8 Å². The summed E-state index contributed by atoms with van der Waals surface area (Å²) in [4.78, 5) is 29.0. The number of rotatable bonds is 3. The van der Waals surface area contributed by atoms with Crippen LogP contribution in [-0.2, 0) is 17.6 Å². The highest BCUT2D eigenvalue weighted by Crippen LogP contribution is 2.35. The van der Waals surface area contributed by atoms with Gasteiger partial charge in [-0.25, -0.2) is 4.98 Å². The first kappa shape index (κ1) is 13.8. The maximum atomic E-state index is 12.2. The van der Waals surface area contributed by atoms with E-state index in [9.17, 15) is 9.59 Å². The molecule has 2 heterocycles. The normalized spacial score (nSPS) is 14.9. The highest BCUT2D eigenvalue weighted by Gasteiger charge is 2.22. The van der Waals surface area contributed by atoms with Crippen LogP contribution in [0.4, 0.5) is 5.69 Å². The molecular weight excluding hydrogens is 288 g/mol. The third-order valence-corrected chi connectivity index (χ3v) is 4.84. The molecule has 0 saturated carbocycles. The number of thiophene rings is 1. The van der Waals surface area contributed by atoms with Crippen LogP contribution < -0.4 is 16.8 Å². The second-order valence-corrected chi connectivity index (χ2v) is 6.24. The zero-order chi connectivity index (χ0) is 15.1. The Balaban J connectivity index is 1.98. The van der Waals surface area contributed by atoms with E-state index < -0.39 is 11.9 Å². The summed E-state index contributed by atoms with van der Waals surface area (Å²) in [5.74, 6) is -0.970. The first-order chi connectivity index (χ1) is 9.97. The van der Waals surface area contributed by atoms with Crippen molar-refractivity contribution < 1.29 is 9.59 Å². The molecule has 1 aliphatic rings. The van der Waals surface area contributed by atoms with Crippen molar-refractivity contribution in [2.24, 2.45) is 5.73 Å². The third kappa shape index (κ3) is 2.33. The van der Waals surface area contributed by atoms with Crippen LogP contribution in [0, 0.1) is 0 Å². The van der Waals surface area contributed by atoms with Crippen LogP contribution in [0.1, 0.15) is 34.3 Å². The van der Waals surface area contributed by atoms with Gasteiger partial charge < -0.3 is 16.8 Å². The van der Waals surface area contributed by atoms with Gasteiger partial charge in [-0.3, -0.25) is 9.59 Å². The first-order valence-corrected chi connectivity index (χ1v) is 7.60. The minimum Gasteiger partial charge on any atom is -0.397 e. The lowest BCUT2D eigenvalue weighted by molar-refractivity contribution is -0.119. The summed E-state index contributed by atoms with van der Waals surface area (Å²) in [7, 11) is 0. The molecule has 2 amide bonds. The summed E-state index contributed by atoms with van der Waals surface area (Å²) in [5, 5.41) is 3.36. The standard InChI is InChI=1S/C14H16N4O2S/c1-6(12(16)19)17-13(20)11-10(15)8-5-7-3-2-4-9(7)18-14(8)21-11/h5-6H,2-4,15H2,1H3,(H2,16,19)(H,17,20). The molecule has 21 heavy (non-hydrogen) atoms. The Bertz CT molecular complexity index is 753.